The molecule has 0 aliphatic heterocycles. The molecule has 0 radical (unpaired) electrons. The van der Waals surface area contributed by atoms with Gasteiger partial charge in [-0.25, -0.2) is 0 Å². The summed E-state index contributed by atoms with van der Waals surface area (Å²) in [5.74, 6) is 5.68. The van der Waals surface area contributed by atoms with Crippen molar-refractivity contribution >= 4 is 0 Å². The molecule has 0 amide bonds. The predicted octanol–water partition coefficient (Wildman–Crippen LogP) is 2.87. The smallest absolute Gasteiger partial charge is 0.0929 e. The lowest BCUT2D eigenvalue weighted by Crippen LogP contribution is -1.73. The SMILES string of the molecule is C=C(C)C#C/C(C)=C/CCF. The summed E-state index contributed by atoms with van der Waals surface area (Å²) in [4.78, 5) is 0. The summed E-state index contributed by atoms with van der Waals surface area (Å²) < 4.78 is 11.6. The van der Waals surface area contributed by atoms with Gasteiger partial charge in [-0.05, 0) is 31.4 Å². The molecule has 0 rings (SSSR count). The van der Waals surface area contributed by atoms with Crippen LogP contribution in [0, 0.1) is 11.8 Å². The summed E-state index contributed by atoms with van der Waals surface area (Å²) >= 11 is 0. The largest absolute Gasteiger partial charge is 0.251 e. The average Bonchev–Trinajstić information content (AvgIpc) is 1.97. The van der Waals surface area contributed by atoms with Gasteiger partial charge in [0.1, 0.15) is 0 Å². The van der Waals surface area contributed by atoms with Gasteiger partial charge in [0.05, 0.1) is 6.67 Å². The zero-order chi connectivity index (χ0) is 8.69. The van der Waals surface area contributed by atoms with Gasteiger partial charge in [0, 0.05) is 0 Å². The Morgan fingerprint density at radius 1 is 1.45 bits per heavy atom. The molecule has 0 nitrogen and oxygen atoms in total. The Labute approximate surface area is 67.8 Å². The van der Waals surface area contributed by atoms with Crippen molar-refractivity contribution in [2.45, 2.75) is 20.3 Å². The van der Waals surface area contributed by atoms with E-state index < -0.39 is 0 Å². The molecule has 0 saturated heterocycles. The summed E-state index contributed by atoms with van der Waals surface area (Å²) in [7, 11) is 0. The molecule has 0 unspecified atom stereocenters. The third-order valence-electron chi connectivity index (χ3n) is 1.03. The number of hydrogen-bond donors (Lipinski definition) is 0. The molecule has 0 N–H and O–H groups in total. The quantitative estimate of drug-likeness (QED) is 0.534. The highest BCUT2D eigenvalue weighted by atomic mass is 19.1. The molecule has 60 valence electrons. The van der Waals surface area contributed by atoms with E-state index in [-0.39, 0.29) is 6.67 Å². The standard InChI is InChI=1S/C10H13F/c1-9(2)6-7-10(3)5-4-8-11/h5H,1,4,8H2,2-3H3/b10-5+. The lowest BCUT2D eigenvalue weighted by Gasteiger charge is -1.85. The normalized spacial score (nSPS) is 10.3. The van der Waals surface area contributed by atoms with E-state index in [9.17, 15) is 4.39 Å². The van der Waals surface area contributed by atoms with Crippen LogP contribution in [0.2, 0.25) is 0 Å². The molecule has 0 atom stereocenters. The van der Waals surface area contributed by atoms with Gasteiger partial charge >= 0.3 is 0 Å². The molecule has 0 aromatic rings. The molecule has 0 aromatic carbocycles. The van der Waals surface area contributed by atoms with Crippen molar-refractivity contribution in [2.24, 2.45) is 0 Å². The van der Waals surface area contributed by atoms with Crippen LogP contribution in [0.1, 0.15) is 20.3 Å². The zero-order valence-electron chi connectivity index (χ0n) is 7.08. The Balaban J connectivity index is 3.97. The first-order chi connectivity index (χ1) is 5.16. The summed E-state index contributed by atoms with van der Waals surface area (Å²) in [6, 6.07) is 0. The van der Waals surface area contributed by atoms with Gasteiger partial charge in [0.25, 0.3) is 0 Å². The second-order valence-electron chi connectivity index (χ2n) is 2.40. The van der Waals surface area contributed by atoms with Gasteiger partial charge in [0.2, 0.25) is 0 Å². The first-order valence-corrected chi connectivity index (χ1v) is 3.57. The third-order valence-corrected chi connectivity index (χ3v) is 1.03. The van der Waals surface area contributed by atoms with E-state index >= 15 is 0 Å². The van der Waals surface area contributed by atoms with Gasteiger partial charge in [-0.2, -0.15) is 0 Å². The Bertz CT molecular complexity index is 213. The molecule has 0 fully saturated rings. The van der Waals surface area contributed by atoms with E-state index in [0.717, 1.165) is 11.1 Å². The maximum absolute atomic E-state index is 11.6. The predicted molar refractivity (Wildman–Crippen MR) is 46.9 cm³/mol. The number of alkyl halides is 1. The monoisotopic (exact) mass is 152 g/mol. The van der Waals surface area contributed by atoms with Crippen LogP contribution >= 0.6 is 0 Å². The van der Waals surface area contributed by atoms with Gasteiger partial charge in [-0.15, -0.1) is 0 Å². The summed E-state index contributed by atoms with van der Waals surface area (Å²) in [5.41, 5.74) is 1.74. The fraction of sp³-hybridized carbons (Fsp3) is 0.400. The molecule has 0 heterocycles. The van der Waals surface area contributed by atoms with E-state index in [4.69, 9.17) is 0 Å². The van der Waals surface area contributed by atoms with Crippen molar-refractivity contribution < 1.29 is 4.39 Å². The van der Waals surface area contributed by atoms with Gasteiger partial charge < -0.3 is 0 Å². The van der Waals surface area contributed by atoms with Crippen LogP contribution in [-0.2, 0) is 0 Å². The number of rotatable bonds is 2. The topological polar surface area (TPSA) is 0 Å². The van der Waals surface area contributed by atoms with E-state index in [0.29, 0.717) is 6.42 Å². The second kappa shape index (κ2) is 5.73. The highest BCUT2D eigenvalue weighted by Gasteiger charge is 1.81. The van der Waals surface area contributed by atoms with Crippen molar-refractivity contribution in [2.75, 3.05) is 6.67 Å². The fourth-order valence-electron chi connectivity index (χ4n) is 0.527. The number of allylic oxidation sites excluding steroid dienone is 3. The minimum atomic E-state index is -0.313. The molecular weight excluding hydrogens is 139 g/mol. The molecule has 0 aromatic heterocycles. The summed E-state index contributed by atoms with van der Waals surface area (Å²) in [5, 5.41) is 0. The molecule has 0 aliphatic carbocycles. The van der Waals surface area contributed by atoms with Crippen molar-refractivity contribution in [1.82, 2.24) is 0 Å². The fourth-order valence-corrected chi connectivity index (χ4v) is 0.527. The molecule has 1 heteroatoms. The average molecular weight is 152 g/mol. The van der Waals surface area contributed by atoms with Gasteiger partial charge in [-0.1, -0.05) is 24.5 Å². The Hall–Kier alpha value is -1.03. The Morgan fingerprint density at radius 3 is 2.55 bits per heavy atom. The highest BCUT2D eigenvalue weighted by molar-refractivity contribution is 5.34. The van der Waals surface area contributed by atoms with Gasteiger partial charge in [0.15, 0.2) is 0 Å². The van der Waals surface area contributed by atoms with Crippen LogP contribution in [0.5, 0.6) is 0 Å². The van der Waals surface area contributed by atoms with Crippen molar-refractivity contribution in [1.29, 1.82) is 0 Å². The van der Waals surface area contributed by atoms with Crippen molar-refractivity contribution in [3.05, 3.63) is 23.8 Å². The molecule has 0 spiro atoms. The molecule has 0 bridgehead atoms. The van der Waals surface area contributed by atoms with Crippen molar-refractivity contribution in [3.8, 4) is 11.8 Å². The lowest BCUT2D eigenvalue weighted by atomic mass is 10.2. The van der Waals surface area contributed by atoms with E-state index in [2.05, 4.69) is 18.4 Å². The Morgan fingerprint density at radius 2 is 2.09 bits per heavy atom. The minimum absolute atomic E-state index is 0.313. The van der Waals surface area contributed by atoms with Gasteiger partial charge in [-0.3, -0.25) is 4.39 Å². The lowest BCUT2D eigenvalue weighted by molar-refractivity contribution is 0.500. The highest BCUT2D eigenvalue weighted by Crippen LogP contribution is 1.94. The van der Waals surface area contributed by atoms with Crippen LogP contribution in [0.25, 0.3) is 0 Å². The second-order valence-corrected chi connectivity index (χ2v) is 2.40. The third kappa shape index (κ3) is 6.86. The first kappa shape index (κ1) is 9.97. The molecule has 0 saturated carbocycles. The van der Waals surface area contributed by atoms with E-state index in [1.54, 1.807) is 6.08 Å². The number of halogens is 1. The summed E-state index contributed by atoms with van der Waals surface area (Å²) in [6.45, 7) is 7.03. The van der Waals surface area contributed by atoms with Crippen LogP contribution in [0.4, 0.5) is 4.39 Å². The number of hydrogen-bond acceptors (Lipinski definition) is 0. The van der Waals surface area contributed by atoms with Crippen LogP contribution < -0.4 is 0 Å². The maximum atomic E-state index is 11.6. The van der Waals surface area contributed by atoms with Crippen LogP contribution in [0.15, 0.2) is 23.8 Å². The van der Waals surface area contributed by atoms with Crippen LogP contribution in [-0.4, -0.2) is 6.67 Å². The van der Waals surface area contributed by atoms with E-state index in [1.807, 2.05) is 13.8 Å². The Kier molecular flexibility index (Phi) is 5.20. The molecule has 11 heavy (non-hydrogen) atoms. The molecular formula is C10H13F. The zero-order valence-corrected chi connectivity index (χ0v) is 7.08. The van der Waals surface area contributed by atoms with E-state index in [1.165, 1.54) is 0 Å². The minimum Gasteiger partial charge on any atom is -0.251 e. The first-order valence-electron chi connectivity index (χ1n) is 3.57. The molecule has 0 aliphatic rings. The maximum Gasteiger partial charge on any atom is 0.0929 e. The summed E-state index contributed by atoms with van der Waals surface area (Å²) in [6.07, 6.45) is 2.24. The van der Waals surface area contributed by atoms with Crippen molar-refractivity contribution in [3.63, 3.8) is 0 Å². The van der Waals surface area contributed by atoms with Crippen LogP contribution in [0.3, 0.4) is 0 Å².